The van der Waals surface area contributed by atoms with Crippen molar-refractivity contribution in [1.82, 2.24) is 24.1 Å². The van der Waals surface area contributed by atoms with Crippen LogP contribution in [0.25, 0.3) is 33.9 Å². The minimum absolute atomic E-state index is 0.151. The molecule has 4 aromatic rings. The Morgan fingerprint density at radius 1 is 1.21 bits per heavy atom. The van der Waals surface area contributed by atoms with Crippen molar-refractivity contribution in [2.45, 2.75) is 6.42 Å². The first-order valence-electron chi connectivity index (χ1n) is 8.29. The minimum atomic E-state index is -1.07. The fraction of sp³-hybridized carbons (Fsp3) is 0.167. The molecule has 0 saturated heterocycles. The maximum absolute atomic E-state index is 12.2. The Kier molecular flexibility index (Phi) is 3.95. The van der Waals surface area contributed by atoms with Gasteiger partial charge in [0.2, 0.25) is 5.89 Å². The van der Waals surface area contributed by atoms with Gasteiger partial charge in [0, 0.05) is 19.7 Å². The second-order valence-electron chi connectivity index (χ2n) is 6.25. The lowest BCUT2D eigenvalue weighted by Gasteiger charge is -2.01. The summed E-state index contributed by atoms with van der Waals surface area (Å²) in [6, 6.07) is 7.07. The molecule has 1 aromatic carbocycles. The number of carboxylic acids is 1. The molecule has 0 bridgehead atoms. The molecule has 28 heavy (non-hydrogen) atoms. The SMILES string of the molecule is Cn1c(/C=C(/CC(=O)O)c2nc3ccccc3o2)nc2c1c(=O)[nH]c(=O)n2C. The fourth-order valence-electron chi connectivity index (χ4n) is 2.97. The first-order valence-corrected chi connectivity index (χ1v) is 8.29. The van der Waals surface area contributed by atoms with Gasteiger partial charge in [-0.25, -0.2) is 14.8 Å². The number of rotatable bonds is 4. The van der Waals surface area contributed by atoms with E-state index in [-0.39, 0.29) is 29.0 Å². The summed E-state index contributed by atoms with van der Waals surface area (Å²) in [5, 5.41) is 9.29. The molecule has 4 rings (SSSR count). The van der Waals surface area contributed by atoms with Crippen LogP contribution in [0.3, 0.4) is 0 Å². The zero-order chi connectivity index (χ0) is 20.0. The van der Waals surface area contributed by atoms with Gasteiger partial charge in [0.25, 0.3) is 5.56 Å². The number of carbonyl (C=O) groups is 1. The van der Waals surface area contributed by atoms with Crippen molar-refractivity contribution in [3.63, 3.8) is 0 Å². The van der Waals surface area contributed by atoms with E-state index in [0.717, 1.165) is 0 Å². The molecule has 3 aromatic heterocycles. The summed E-state index contributed by atoms with van der Waals surface area (Å²) < 4.78 is 8.38. The zero-order valence-corrected chi connectivity index (χ0v) is 15.0. The minimum Gasteiger partial charge on any atom is -0.481 e. The molecule has 0 atom stereocenters. The molecule has 0 saturated carbocycles. The highest BCUT2D eigenvalue weighted by molar-refractivity contribution is 5.91. The van der Waals surface area contributed by atoms with E-state index in [4.69, 9.17) is 4.42 Å². The van der Waals surface area contributed by atoms with E-state index in [1.807, 2.05) is 0 Å². The van der Waals surface area contributed by atoms with Crippen LogP contribution in [-0.2, 0) is 18.9 Å². The summed E-state index contributed by atoms with van der Waals surface area (Å²) >= 11 is 0. The van der Waals surface area contributed by atoms with Gasteiger partial charge < -0.3 is 14.1 Å². The third-order valence-corrected chi connectivity index (χ3v) is 4.38. The molecule has 0 aliphatic heterocycles. The van der Waals surface area contributed by atoms with E-state index in [9.17, 15) is 19.5 Å². The molecule has 0 radical (unpaired) electrons. The standard InChI is InChI=1S/C18H15N5O5/c1-22-12(20-15-14(22)16(26)21-18(27)23(15)2)7-9(8-13(24)25)17-19-10-5-3-4-6-11(10)28-17/h3-7H,8H2,1-2H3,(H,24,25)(H,21,26,27)/b9-7-. The highest BCUT2D eigenvalue weighted by atomic mass is 16.4. The van der Waals surface area contributed by atoms with Gasteiger partial charge in [0.1, 0.15) is 11.3 Å². The number of oxazole rings is 1. The first-order chi connectivity index (χ1) is 13.3. The predicted octanol–water partition coefficient (Wildman–Crippen LogP) is 1.12. The summed E-state index contributed by atoms with van der Waals surface area (Å²) in [6.45, 7) is 0. The van der Waals surface area contributed by atoms with Gasteiger partial charge in [-0.15, -0.1) is 0 Å². The number of aromatic nitrogens is 5. The number of carboxylic acid groups (broad SMARTS) is 1. The second-order valence-corrected chi connectivity index (χ2v) is 6.25. The molecule has 142 valence electrons. The average molecular weight is 381 g/mol. The topological polar surface area (TPSA) is 136 Å². The number of aryl methyl sites for hydroxylation is 2. The lowest BCUT2D eigenvalue weighted by Crippen LogP contribution is -2.29. The van der Waals surface area contributed by atoms with Gasteiger partial charge in [0.15, 0.2) is 16.7 Å². The van der Waals surface area contributed by atoms with Crippen LogP contribution >= 0.6 is 0 Å². The molecule has 0 unspecified atom stereocenters. The molecule has 3 heterocycles. The molecule has 0 spiro atoms. The number of aromatic amines is 1. The van der Waals surface area contributed by atoms with Crippen LogP contribution in [0.15, 0.2) is 38.3 Å². The van der Waals surface area contributed by atoms with Crippen LogP contribution in [0.2, 0.25) is 0 Å². The van der Waals surface area contributed by atoms with Crippen LogP contribution in [0.4, 0.5) is 0 Å². The molecular formula is C18H15N5O5. The van der Waals surface area contributed by atoms with Crippen LogP contribution < -0.4 is 11.2 Å². The third kappa shape index (κ3) is 2.80. The van der Waals surface area contributed by atoms with Crippen LogP contribution in [0.1, 0.15) is 18.1 Å². The Morgan fingerprint density at radius 3 is 2.68 bits per heavy atom. The number of benzene rings is 1. The molecular weight excluding hydrogens is 366 g/mol. The number of fused-ring (bicyclic) bond motifs is 2. The van der Waals surface area contributed by atoms with Crippen molar-refractivity contribution in [3.8, 4) is 0 Å². The molecule has 0 aliphatic carbocycles. The lowest BCUT2D eigenvalue weighted by atomic mass is 10.1. The van der Waals surface area contributed by atoms with Crippen LogP contribution in [-0.4, -0.2) is 35.2 Å². The molecule has 10 nitrogen and oxygen atoms in total. The number of hydrogen-bond donors (Lipinski definition) is 2. The average Bonchev–Trinajstić information content (AvgIpc) is 3.21. The van der Waals surface area contributed by atoms with Crippen molar-refractivity contribution < 1.29 is 14.3 Å². The molecule has 10 heteroatoms. The number of nitrogens with zero attached hydrogens (tertiary/aromatic N) is 4. The Morgan fingerprint density at radius 2 is 1.96 bits per heavy atom. The summed E-state index contributed by atoms with van der Waals surface area (Å²) in [7, 11) is 3.09. The maximum Gasteiger partial charge on any atom is 0.329 e. The van der Waals surface area contributed by atoms with Gasteiger partial charge in [0.05, 0.1) is 6.42 Å². The van der Waals surface area contributed by atoms with Crippen LogP contribution in [0.5, 0.6) is 0 Å². The highest BCUT2D eigenvalue weighted by Crippen LogP contribution is 2.25. The summed E-state index contributed by atoms with van der Waals surface area (Å²) in [5.41, 5.74) is 0.624. The first kappa shape index (κ1) is 17.5. The number of H-pyrrole nitrogens is 1. The normalized spacial score (nSPS) is 12.1. The van der Waals surface area contributed by atoms with Gasteiger partial charge in [-0.2, -0.15) is 0 Å². The molecule has 0 fully saturated rings. The number of nitrogens with one attached hydrogen (secondary N) is 1. The Balaban J connectivity index is 1.94. The summed E-state index contributed by atoms with van der Waals surface area (Å²) in [5.74, 6) is -0.629. The predicted molar refractivity (Wildman–Crippen MR) is 101 cm³/mol. The quantitative estimate of drug-likeness (QED) is 0.540. The largest absolute Gasteiger partial charge is 0.481 e. The van der Waals surface area contributed by atoms with E-state index >= 15 is 0 Å². The Bertz CT molecular complexity index is 1350. The van der Waals surface area contributed by atoms with E-state index in [1.165, 1.54) is 22.3 Å². The van der Waals surface area contributed by atoms with Crippen molar-refractivity contribution in [2.75, 3.05) is 0 Å². The maximum atomic E-state index is 12.2. The smallest absolute Gasteiger partial charge is 0.329 e. The van der Waals surface area contributed by atoms with Crippen molar-refractivity contribution >= 4 is 39.9 Å². The zero-order valence-electron chi connectivity index (χ0n) is 15.0. The molecule has 2 N–H and O–H groups in total. The molecule has 0 amide bonds. The Hall–Kier alpha value is -3.95. The van der Waals surface area contributed by atoms with Gasteiger partial charge in [-0.05, 0) is 18.2 Å². The number of imidazole rings is 1. The highest BCUT2D eigenvalue weighted by Gasteiger charge is 2.18. The monoisotopic (exact) mass is 381 g/mol. The Labute approximate surface area is 156 Å². The number of hydrogen-bond acceptors (Lipinski definition) is 6. The van der Waals surface area contributed by atoms with Crippen molar-refractivity contribution in [1.29, 1.82) is 0 Å². The van der Waals surface area contributed by atoms with Gasteiger partial charge in [-0.1, -0.05) is 12.1 Å². The van der Waals surface area contributed by atoms with Crippen LogP contribution in [0, 0.1) is 0 Å². The van der Waals surface area contributed by atoms with Gasteiger partial charge in [-0.3, -0.25) is 19.1 Å². The third-order valence-electron chi connectivity index (χ3n) is 4.38. The van der Waals surface area contributed by atoms with E-state index in [1.54, 1.807) is 31.3 Å². The van der Waals surface area contributed by atoms with Crippen molar-refractivity contribution in [3.05, 3.63) is 56.8 Å². The second kappa shape index (κ2) is 6.34. The lowest BCUT2D eigenvalue weighted by molar-refractivity contribution is -0.135. The van der Waals surface area contributed by atoms with E-state index < -0.39 is 17.2 Å². The summed E-state index contributed by atoms with van der Waals surface area (Å²) in [6.07, 6.45) is 1.13. The summed E-state index contributed by atoms with van der Waals surface area (Å²) in [4.78, 5) is 46.2. The van der Waals surface area contributed by atoms with Gasteiger partial charge >= 0.3 is 11.7 Å². The molecule has 0 aliphatic rings. The van der Waals surface area contributed by atoms with Crippen molar-refractivity contribution in [2.24, 2.45) is 14.1 Å². The van der Waals surface area contributed by atoms with E-state index in [2.05, 4.69) is 15.0 Å². The number of para-hydroxylation sites is 2. The van der Waals surface area contributed by atoms with E-state index in [0.29, 0.717) is 16.9 Å². The fourth-order valence-corrected chi connectivity index (χ4v) is 2.97. The number of aliphatic carboxylic acids is 1.